The number of H-pyrrole nitrogens is 1. The first-order chi connectivity index (χ1) is 17.5. The van der Waals surface area contributed by atoms with Gasteiger partial charge < -0.3 is 5.84 Å². The molecular weight excluding hydrogens is 495 g/mol. The maximum Gasteiger partial charge on any atom is 1.00 e. The first kappa shape index (κ1) is 27.2. The zero-order valence-electron chi connectivity index (χ0n) is 22.2. The van der Waals surface area contributed by atoms with Gasteiger partial charge in [0, 0.05) is 23.6 Å². The van der Waals surface area contributed by atoms with Crippen molar-refractivity contribution >= 4 is 0 Å². The average molecular weight is 523 g/mol. The summed E-state index contributed by atoms with van der Waals surface area (Å²) in [5.74, 6) is 0.432. The van der Waals surface area contributed by atoms with E-state index >= 15 is 0 Å². The zero-order valence-corrected chi connectivity index (χ0v) is 24.3. The van der Waals surface area contributed by atoms with Gasteiger partial charge in [-0.2, -0.15) is 0 Å². The van der Waals surface area contributed by atoms with Crippen molar-refractivity contribution in [3.05, 3.63) is 111 Å². The zero-order chi connectivity index (χ0) is 25.1. The molecule has 0 aliphatic heterocycles. The number of rotatable bonds is 8. The molecule has 37 heavy (non-hydrogen) atoms. The number of aromatic amines is 1. The Hall–Kier alpha value is -2.82. The second-order valence-corrected chi connectivity index (χ2v) is 8.67. The van der Waals surface area contributed by atoms with Crippen molar-refractivity contribution in [2.45, 2.75) is 39.5 Å². The summed E-state index contributed by atoms with van der Waals surface area (Å²) in [6.45, 7) is 3.98. The molecule has 0 fully saturated rings. The summed E-state index contributed by atoms with van der Waals surface area (Å²) in [4.78, 5) is 32.5. The second kappa shape index (κ2) is 12.1. The molecule has 5 rings (SSSR count). The second-order valence-electron chi connectivity index (χ2n) is 8.67. The van der Waals surface area contributed by atoms with Gasteiger partial charge in [-0.15, -0.1) is 0 Å². The van der Waals surface area contributed by atoms with Crippen LogP contribution in [0.2, 0.25) is 0 Å². The van der Waals surface area contributed by atoms with Gasteiger partial charge in [-0.3, -0.25) is 18.9 Å². The van der Waals surface area contributed by atoms with Crippen molar-refractivity contribution in [2.75, 3.05) is 0 Å². The molecule has 0 saturated heterocycles. The Morgan fingerprint density at radius 2 is 1.78 bits per heavy atom. The average Bonchev–Trinajstić information content (AvgIpc) is 3.57. The molecule has 9 heteroatoms. The summed E-state index contributed by atoms with van der Waals surface area (Å²) in [7, 11) is 0. The monoisotopic (exact) mass is 522 g/mol. The summed E-state index contributed by atoms with van der Waals surface area (Å²) >= 11 is 0. The van der Waals surface area contributed by atoms with Crippen molar-refractivity contribution in [3.63, 3.8) is 0 Å². The van der Waals surface area contributed by atoms with Crippen LogP contribution in [0.15, 0.2) is 85.7 Å². The van der Waals surface area contributed by atoms with E-state index in [0.29, 0.717) is 29.3 Å². The van der Waals surface area contributed by atoms with E-state index in [1.807, 2.05) is 55.5 Å². The minimum Gasteiger partial charge on any atom is -1.00 e. The quantitative estimate of drug-likeness (QED) is 0.313. The molecule has 3 aromatic heterocycles. The third kappa shape index (κ3) is 5.86. The van der Waals surface area contributed by atoms with Crippen LogP contribution in [0.3, 0.4) is 0 Å². The molecular formula is C28H27KN4O4. The third-order valence-electron chi connectivity index (χ3n) is 6.23. The largest absolute Gasteiger partial charge is 1.00 e. The van der Waals surface area contributed by atoms with E-state index in [2.05, 4.69) is 21.6 Å². The minimum absolute atomic E-state index is 0. The first-order valence-electron chi connectivity index (χ1n) is 11.9. The fraction of sp³-hybridized carbons (Fsp3) is 0.214. The summed E-state index contributed by atoms with van der Waals surface area (Å²) in [5, 5.41) is 3.83. The van der Waals surface area contributed by atoms with E-state index < -0.39 is 5.76 Å². The van der Waals surface area contributed by atoms with Crippen molar-refractivity contribution in [2.24, 2.45) is 0 Å². The summed E-state index contributed by atoms with van der Waals surface area (Å²) < 4.78 is 11.5. The number of nitrogens with zero attached hydrogens (tertiary/aromatic N) is 3. The number of benzene rings is 2. The smallest absolute Gasteiger partial charge is 1.00 e. The molecule has 1 N–H and O–H groups in total. The van der Waals surface area contributed by atoms with Gasteiger partial charge in [-0.1, -0.05) is 67.0 Å². The molecule has 2 aromatic carbocycles. The molecule has 8 nitrogen and oxygen atoms in total. The van der Waals surface area contributed by atoms with Gasteiger partial charge in [-0.25, -0.2) is 9.78 Å². The number of aromatic nitrogens is 4. The van der Waals surface area contributed by atoms with Crippen LogP contribution in [0.25, 0.3) is 28.2 Å². The molecule has 0 amide bonds. The van der Waals surface area contributed by atoms with Gasteiger partial charge in [-0.05, 0) is 36.5 Å². The fourth-order valence-electron chi connectivity index (χ4n) is 4.43. The van der Waals surface area contributed by atoms with E-state index in [1.165, 1.54) is 0 Å². The summed E-state index contributed by atoms with van der Waals surface area (Å²) in [6, 6.07) is 17.5. The number of unbranched alkanes of at least 4 members (excludes halogenated alkanes) is 1. The van der Waals surface area contributed by atoms with Crippen LogP contribution < -0.4 is 62.7 Å². The van der Waals surface area contributed by atoms with Crippen LogP contribution in [-0.2, 0) is 12.8 Å². The number of hydrogen-bond donors (Lipinski definition) is 1. The van der Waals surface area contributed by atoms with Crippen LogP contribution in [0.1, 0.15) is 43.8 Å². The molecule has 0 aliphatic carbocycles. The SMILES string of the molecule is CCCCc1nc(C)n(-c2ccoc2)c(=O)c1Cc1ccc(-c2ccccc2-c2noc(=O)[nH]2)cc1.[H-].[K+]. The molecule has 184 valence electrons. The fourth-order valence-corrected chi connectivity index (χ4v) is 4.43. The molecule has 0 saturated carbocycles. The number of aryl methyl sites for hydroxylation is 2. The standard InChI is InChI=1S/C28H26N4O4.K.H/c1-3-4-9-25-24(27(33)32(18(2)29-25)21-14-15-35-17-21)16-19-10-12-20(13-11-19)22-7-5-6-8-23(22)26-30-28(34)36-31-26;;/h5-8,10-15,17H,3-4,9,16H2,1-2H3,(H,30,31,34);;/q;+1;-1. The van der Waals surface area contributed by atoms with Crippen LogP contribution in [-0.4, -0.2) is 19.7 Å². The molecule has 0 spiro atoms. The maximum atomic E-state index is 13.6. The van der Waals surface area contributed by atoms with Gasteiger partial charge in [0.15, 0.2) is 5.82 Å². The van der Waals surface area contributed by atoms with E-state index in [9.17, 15) is 9.59 Å². The first-order valence-corrected chi connectivity index (χ1v) is 11.9. The van der Waals surface area contributed by atoms with E-state index in [-0.39, 0.29) is 58.4 Å². The number of furan rings is 1. The number of hydrogen-bond acceptors (Lipinski definition) is 6. The maximum absolute atomic E-state index is 13.6. The van der Waals surface area contributed by atoms with Gasteiger partial charge in [0.1, 0.15) is 12.1 Å². The van der Waals surface area contributed by atoms with Gasteiger partial charge >= 0.3 is 57.1 Å². The number of nitrogens with one attached hydrogen (secondary N) is 1. The third-order valence-corrected chi connectivity index (χ3v) is 6.23. The van der Waals surface area contributed by atoms with E-state index in [0.717, 1.165) is 47.2 Å². The molecule has 0 bridgehead atoms. The van der Waals surface area contributed by atoms with Crippen molar-refractivity contribution in [1.82, 2.24) is 19.7 Å². The Morgan fingerprint density at radius 1 is 1.03 bits per heavy atom. The minimum atomic E-state index is -0.596. The van der Waals surface area contributed by atoms with Crippen molar-refractivity contribution < 1.29 is 61.8 Å². The molecule has 5 aromatic rings. The molecule has 0 unspecified atom stereocenters. The Kier molecular flexibility index (Phi) is 8.94. The van der Waals surface area contributed by atoms with Gasteiger partial charge in [0.25, 0.3) is 5.56 Å². The Bertz CT molecular complexity index is 1610. The molecule has 0 atom stereocenters. The van der Waals surface area contributed by atoms with E-state index in [1.54, 1.807) is 23.2 Å². The van der Waals surface area contributed by atoms with Crippen molar-refractivity contribution in [1.29, 1.82) is 0 Å². The van der Waals surface area contributed by atoms with Crippen LogP contribution in [0.5, 0.6) is 0 Å². The Balaban J connectivity index is 0.00000200. The van der Waals surface area contributed by atoms with Crippen LogP contribution in [0.4, 0.5) is 0 Å². The molecule has 0 aliphatic rings. The van der Waals surface area contributed by atoms with Gasteiger partial charge in [0.05, 0.1) is 17.6 Å². The predicted molar refractivity (Wildman–Crippen MR) is 137 cm³/mol. The Morgan fingerprint density at radius 3 is 2.43 bits per heavy atom. The van der Waals surface area contributed by atoms with E-state index in [4.69, 9.17) is 9.40 Å². The topological polar surface area (TPSA) is 107 Å². The molecule has 3 heterocycles. The summed E-state index contributed by atoms with van der Waals surface area (Å²) in [5.41, 5.74) is 5.80. The van der Waals surface area contributed by atoms with Crippen LogP contribution >= 0.6 is 0 Å². The summed E-state index contributed by atoms with van der Waals surface area (Å²) in [6.07, 6.45) is 6.33. The normalized spacial score (nSPS) is 10.9. The van der Waals surface area contributed by atoms with Gasteiger partial charge in [0.2, 0.25) is 0 Å². The predicted octanol–water partition coefficient (Wildman–Crippen LogP) is 2.19. The Labute approximate surface area is 257 Å². The van der Waals surface area contributed by atoms with Crippen LogP contribution in [0, 0.1) is 6.92 Å². The van der Waals surface area contributed by atoms with Crippen molar-refractivity contribution in [3.8, 4) is 28.2 Å². The molecule has 0 radical (unpaired) electrons.